The Morgan fingerprint density at radius 2 is 0.920 bits per heavy atom. The van der Waals surface area contributed by atoms with Crippen LogP contribution in [0.1, 0.15) is 0 Å². The lowest BCUT2D eigenvalue weighted by Crippen LogP contribution is -2.59. The highest BCUT2D eigenvalue weighted by atomic mass is 31.2. The zero-order chi connectivity index (χ0) is 20.2. The van der Waals surface area contributed by atoms with Gasteiger partial charge in [0, 0.05) is 12.0 Å². The molecule has 0 aromatic rings. The summed E-state index contributed by atoms with van der Waals surface area (Å²) in [6.07, 6.45) is -3.83. The highest BCUT2D eigenvalue weighted by Crippen LogP contribution is 2.54. The van der Waals surface area contributed by atoms with E-state index in [1.165, 1.54) is 0 Å². The van der Waals surface area contributed by atoms with Gasteiger partial charge in [-0.15, -0.1) is 0 Å². The van der Waals surface area contributed by atoms with Crippen molar-refractivity contribution in [3.05, 3.63) is 0 Å². The Labute approximate surface area is 143 Å². The van der Waals surface area contributed by atoms with Gasteiger partial charge in [0.15, 0.2) is 0 Å². The summed E-state index contributed by atoms with van der Waals surface area (Å²) in [5.41, 5.74) is -4.06. The van der Waals surface area contributed by atoms with Crippen LogP contribution in [0.2, 0.25) is 0 Å². The van der Waals surface area contributed by atoms with Crippen molar-refractivity contribution >= 4 is 22.8 Å². The lowest BCUT2D eigenvalue weighted by molar-refractivity contribution is 0.0368. The fraction of sp³-hybridized carbons (Fsp3) is 1.00. The van der Waals surface area contributed by atoms with Gasteiger partial charge in [-0.05, 0) is 0 Å². The average Bonchev–Trinajstić information content (AvgIpc) is 2.34. The van der Waals surface area contributed by atoms with Crippen molar-refractivity contribution < 1.29 is 58.4 Å². The van der Waals surface area contributed by atoms with Crippen molar-refractivity contribution in [2.24, 2.45) is 5.41 Å². The van der Waals surface area contributed by atoms with Gasteiger partial charge in [-0.25, -0.2) is 0 Å². The summed E-state index contributed by atoms with van der Waals surface area (Å²) in [6.45, 7) is -3.40. The van der Waals surface area contributed by atoms with Crippen molar-refractivity contribution in [3.63, 3.8) is 0 Å². The summed E-state index contributed by atoms with van der Waals surface area (Å²) in [4.78, 5) is 55.1. The maximum Gasteiger partial charge on any atom is 0.326 e. The standard InChI is InChI=1S/C9H24NO12P3/c11-2-9(3-12,4-13)10-1-8(5-23(14,15)16,6-24(17,18)19)7-25(20,21)22/h10-13H,1-7H2,(H2,14,15,16)(H2,17,18,19)(H2,20,21,22). The smallest absolute Gasteiger partial charge is 0.326 e. The summed E-state index contributed by atoms with van der Waals surface area (Å²) in [7, 11) is -14.9. The highest BCUT2D eigenvalue weighted by molar-refractivity contribution is 7.54. The van der Waals surface area contributed by atoms with Crippen LogP contribution in [-0.2, 0) is 13.7 Å². The molecule has 0 heterocycles. The molecule has 10 N–H and O–H groups in total. The SMILES string of the molecule is O=P(O)(O)CC(CNC(CO)(CO)CO)(CP(=O)(O)O)CP(=O)(O)O. The molecule has 13 nitrogen and oxygen atoms in total. The zero-order valence-electron chi connectivity index (χ0n) is 13.0. The minimum absolute atomic E-state index is 0.810. The maximum atomic E-state index is 11.4. The van der Waals surface area contributed by atoms with Gasteiger partial charge in [-0.3, -0.25) is 13.7 Å². The first-order valence-corrected chi connectivity index (χ1v) is 12.1. The van der Waals surface area contributed by atoms with Crippen LogP contribution >= 0.6 is 22.8 Å². The Hall–Kier alpha value is 0.290. The van der Waals surface area contributed by atoms with Crippen molar-refractivity contribution in [1.29, 1.82) is 0 Å². The number of nitrogens with one attached hydrogen (secondary N) is 1. The van der Waals surface area contributed by atoms with E-state index >= 15 is 0 Å². The molecule has 0 spiro atoms. The van der Waals surface area contributed by atoms with Gasteiger partial charge in [-0.1, -0.05) is 0 Å². The second kappa shape index (κ2) is 8.99. The summed E-state index contributed by atoms with van der Waals surface area (Å²) in [5, 5.41) is 30.0. The van der Waals surface area contributed by atoms with Crippen LogP contribution in [0.4, 0.5) is 0 Å². The predicted molar refractivity (Wildman–Crippen MR) is 85.2 cm³/mol. The van der Waals surface area contributed by atoms with Gasteiger partial charge in [-0.2, -0.15) is 0 Å². The molecule has 25 heavy (non-hydrogen) atoms. The molecule has 0 aromatic carbocycles. The fourth-order valence-corrected chi connectivity index (χ4v) is 6.48. The topological polar surface area (TPSA) is 245 Å². The Balaban J connectivity index is 5.92. The molecule has 0 saturated carbocycles. The van der Waals surface area contributed by atoms with Crippen LogP contribution in [0.5, 0.6) is 0 Å². The average molecular weight is 431 g/mol. The van der Waals surface area contributed by atoms with Gasteiger partial charge in [0.1, 0.15) is 0 Å². The van der Waals surface area contributed by atoms with Crippen LogP contribution in [0.15, 0.2) is 0 Å². The third kappa shape index (κ3) is 10.3. The van der Waals surface area contributed by atoms with Crippen LogP contribution < -0.4 is 5.32 Å². The number of hydrogen-bond acceptors (Lipinski definition) is 7. The van der Waals surface area contributed by atoms with Crippen molar-refractivity contribution in [1.82, 2.24) is 5.32 Å². The second-order valence-electron chi connectivity index (χ2n) is 6.08. The summed E-state index contributed by atoms with van der Waals surface area (Å²) < 4.78 is 34.1. The number of aliphatic hydroxyl groups excluding tert-OH is 3. The van der Waals surface area contributed by atoms with E-state index in [9.17, 15) is 58.4 Å². The van der Waals surface area contributed by atoms with E-state index in [2.05, 4.69) is 5.32 Å². The van der Waals surface area contributed by atoms with E-state index in [1.807, 2.05) is 0 Å². The minimum Gasteiger partial charge on any atom is -0.394 e. The zero-order valence-corrected chi connectivity index (χ0v) is 15.7. The molecule has 0 saturated heterocycles. The van der Waals surface area contributed by atoms with Gasteiger partial charge >= 0.3 is 22.8 Å². The molecule has 152 valence electrons. The second-order valence-corrected chi connectivity index (χ2v) is 11.0. The molecule has 16 heteroatoms. The monoisotopic (exact) mass is 431 g/mol. The van der Waals surface area contributed by atoms with Crippen LogP contribution in [0, 0.1) is 5.41 Å². The van der Waals surface area contributed by atoms with Crippen molar-refractivity contribution in [2.45, 2.75) is 5.54 Å². The summed E-state index contributed by atoms with van der Waals surface area (Å²) in [6, 6.07) is 0. The summed E-state index contributed by atoms with van der Waals surface area (Å²) in [5.74, 6) is 0. The van der Waals surface area contributed by atoms with E-state index < -0.39 is 78.6 Å². The summed E-state index contributed by atoms with van der Waals surface area (Å²) >= 11 is 0. The van der Waals surface area contributed by atoms with E-state index in [0.29, 0.717) is 0 Å². The normalized spacial score (nSPS) is 14.8. The molecular formula is C9H24NO12P3. The van der Waals surface area contributed by atoms with Crippen molar-refractivity contribution in [3.8, 4) is 0 Å². The quantitative estimate of drug-likeness (QED) is 0.137. The first kappa shape index (κ1) is 25.3. The van der Waals surface area contributed by atoms with E-state index in [0.717, 1.165) is 0 Å². The highest BCUT2D eigenvalue weighted by Gasteiger charge is 2.47. The van der Waals surface area contributed by atoms with Gasteiger partial charge < -0.3 is 50.0 Å². The Morgan fingerprint density at radius 3 is 1.12 bits per heavy atom. The fourth-order valence-electron chi connectivity index (χ4n) is 2.32. The van der Waals surface area contributed by atoms with Crippen LogP contribution in [0.3, 0.4) is 0 Å². The largest absolute Gasteiger partial charge is 0.394 e. The predicted octanol–water partition coefficient (Wildman–Crippen LogP) is -3.19. The first-order valence-electron chi connectivity index (χ1n) is 6.72. The molecule has 0 bridgehead atoms. The number of hydrogen-bond donors (Lipinski definition) is 10. The Bertz CT molecular complexity index is 492. The molecule has 0 radical (unpaired) electrons. The maximum absolute atomic E-state index is 11.4. The van der Waals surface area contributed by atoms with Gasteiger partial charge in [0.05, 0.1) is 43.8 Å². The molecule has 0 atom stereocenters. The number of aliphatic hydroxyl groups is 3. The van der Waals surface area contributed by atoms with Gasteiger partial charge in [0.25, 0.3) is 0 Å². The molecule has 0 unspecified atom stereocenters. The molecular weight excluding hydrogens is 407 g/mol. The molecule has 0 amide bonds. The van der Waals surface area contributed by atoms with E-state index in [-0.39, 0.29) is 0 Å². The van der Waals surface area contributed by atoms with Crippen LogP contribution in [-0.4, -0.2) is 95.1 Å². The third-order valence-corrected chi connectivity index (χ3v) is 6.62. The molecule has 0 fully saturated rings. The van der Waals surface area contributed by atoms with Crippen LogP contribution in [0.25, 0.3) is 0 Å². The Kier molecular flexibility index (Phi) is 9.09. The lowest BCUT2D eigenvalue weighted by atomic mass is 9.93. The Morgan fingerprint density at radius 1 is 0.640 bits per heavy atom. The molecule has 0 rings (SSSR count). The van der Waals surface area contributed by atoms with Gasteiger partial charge in [0.2, 0.25) is 0 Å². The third-order valence-electron chi connectivity index (χ3n) is 3.37. The molecule has 0 aliphatic heterocycles. The van der Waals surface area contributed by atoms with Crippen molar-refractivity contribution in [2.75, 3.05) is 44.9 Å². The van der Waals surface area contributed by atoms with E-state index in [4.69, 9.17) is 0 Å². The lowest BCUT2D eigenvalue weighted by Gasteiger charge is -2.38. The minimum atomic E-state index is -4.98. The number of rotatable bonds is 12. The first-order chi connectivity index (χ1) is 11.0. The molecule has 0 aromatic heterocycles. The van der Waals surface area contributed by atoms with E-state index in [1.54, 1.807) is 0 Å². The molecule has 0 aliphatic carbocycles. The molecule has 0 aliphatic rings.